The summed E-state index contributed by atoms with van der Waals surface area (Å²) in [6, 6.07) is 11.7. The van der Waals surface area contributed by atoms with E-state index in [1.807, 2.05) is 57.2 Å². The molecule has 0 aliphatic heterocycles. The lowest BCUT2D eigenvalue weighted by Gasteiger charge is -2.21. The number of hydrogen-bond donors (Lipinski definition) is 0. The molecule has 0 bridgehead atoms. The Labute approximate surface area is 165 Å². The third-order valence-electron chi connectivity index (χ3n) is 4.21. The van der Waals surface area contributed by atoms with E-state index in [1.54, 1.807) is 4.52 Å². The summed E-state index contributed by atoms with van der Waals surface area (Å²) in [4.78, 5) is 17.3. The van der Waals surface area contributed by atoms with E-state index in [-0.39, 0.29) is 0 Å². The number of aryl methyl sites for hydroxylation is 1. The molecule has 0 spiro atoms. The molecule has 28 heavy (non-hydrogen) atoms. The Morgan fingerprint density at radius 3 is 2.61 bits per heavy atom. The summed E-state index contributed by atoms with van der Waals surface area (Å²) in [6.07, 6.45) is 4.36. The fourth-order valence-corrected chi connectivity index (χ4v) is 2.92. The Bertz CT molecular complexity index is 943. The predicted octanol–water partition coefficient (Wildman–Crippen LogP) is 4.61. The Morgan fingerprint density at radius 1 is 1.18 bits per heavy atom. The maximum atomic E-state index is 12.9. The fourth-order valence-electron chi connectivity index (χ4n) is 2.92. The number of aromatic nitrogens is 3. The monoisotopic (exact) mass is 381 g/mol. The van der Waals surface area contributed by atoms with Crippen molar-refractivity contribution in [2.45, 2.75) is 59.2 Å². The highest BCUT2D eigenvalue weighted by Crippen LogP contribution is 2.28. The van der Waals surface area contributed by atoms with Crippen LogP contribution < -0.4 is 4.74 Å². The SMILES string of the molecule is CCCCc1cc(OCc2ccccc2)c(C(=O)OC(C)(C)C)c2ncnn12. The molecule has 3 rings (SSSR count). The van der Waals surface area contributed by atoms with Crippen LogP contribution in [0.15, 0.2) is 42.7 Å². The average Bonchev–Trinajstić information content (AvgIpc) is 3.13. The number of benzene rings is 1. The number of hydrogen-bond acceptors (Lipinski definition) is 5. The highest BCUT2D eigenvalue weighted by molar-refractivity contribution is 5.99. The van der Waals surface area contributed by atoms with Gasteiger partial charge in [0.1, 0.15) is 29.8 Å². The van der Waals surface area contributed by atoms with Gasteiger partial charge >= 0.3 is 5.97 Å². The van der Waals surface area contributed by atoms with Crippen molar-refractivity contribution in [3.05, 3.63) is 59.5 Å². The summed E-state index contributed by atoms with van der Waals surface area (Å²) in [6.45, 7) is 8.01. The molecule has 2 heterocycles. The van der Waals surface area contributed by atoms with Gasteiger partial charge in [-0.05, 0) is 39.2 Å². The van der Waals surface area contributed by atoms with E-state index in [9.17, 15) is 4.79 Å². The lowest BCUT2D eigenvalue weighted by Crippen LogP contribution is -2.25. The first kappa shape index (κ1) is 19.9. The van der Waals surface area contributed by atoms with Gasteiger partial charge in [-0.1, -0.05) is 43.7 Å². The minimum absolute atomic E-state index is 0.309. The molecule has 0 unspecified atom stereocenters. The molecule has 1 aromatic carbocycles. The van der Waals surface area contributed by atoms with E-state index in [4.69, 9.17) is 9.47 Å². The molecule has 2 aromatic heterocycles. The lowest BCUT2D eigenvalue weighted by molar-refractivity contribution is 0.00670. The lowest BCUT2D eigenvalue weighted by atomic mass is 10.1. The van der Waals surface area contributed by atoms with Crippen LogP contribution in [0.5, 0.6) is 5.75 Å². The van der Waals surface area contributed by atoms with Crippen molar-refractivity contribution in [1.82, 2.24) is 14.6 Å². The van der Waals surface area contributed by atoms with Gasteiger partial charge in [-0.15, -0.1) is 0 Å². The number of pyridine rings is 1. The molecule has 0 radical (unpaired) electrons. The van der Waals surface area contributed by atoms with Crippen LogP contribution in [0.2, 0.25) is 0 Å². The first-order valence-electron chi connectivity index (χ1n) is 9.64. The minimum atomic E-state index is -0.619. The molecule has 148 valence electrons. The van der Waals surface area contributed by atoms with Gasteiger partial charge in [0.25, 0.3) is 0 Å². The van der Waals surface area contributed by atoms with E-state index >= 15 is 0 Å². The molecule has 0 fully saturated rings. The second-order valence-corrected chi connectivity index (χ2v) is 7.75. The van der Waals surface area contributed by atoms with Gasteiger partial charge in [0.15, 0.2) is 5.65 Å². The van der Waals surface area contributed by atoms with Gasteiger partial charge in [0.05, 0.1) is 0 Å². The average molecular weight is 381 g/mol. The molecule has 0 aliphatic rings. The number of carbonyl (C=O) groups is 1. The first-order valence-corrected chi connectivity index (χ1v) is 9.64. The molecule has 0 saturated heterocycles. The zero-order chi connectivity index (χ0) is 20.1. The molecular weight excluding hydrogens is 354 g/mol. The molecular formula is C22H27N3O3. The molecule has 0 amide bonds. The Hall–Kier alpha value is -2.89. The van der Waals surface area contributed by atoms with Crippen LogP contribution in [0.1, 0.15) is 62.2 Å². The summed E-state index contributed by atoms with van der Waals surface area (Å²) in [5.41, 5.74) is 2.14. The fraction of sp³-hybridized carbons (Fsp3) is 0.409. The van der Waals surface area contributed by atoms with Crippen molar-refractivity contribution in [3.8, 4) is 5.75 Å². The van der Waals surface area contributed by atoms with Gasteiger partial charge in [0, 0.05) is 11.8 Å². The maximum Gasteiger partial charge on any atom is 0.346 e. The second-order valence-electron chi connectivity index (χ2n) is 7.75. The highest BCUT2D eigenvalue weighted by Gasteiger charge is 2.26. The molecule has 0 N–H and O–H groups in total. The smallest absolute Gasteiger partial charge is 0.346 e. The van der Waals surface area contributed by atoms with E-state index in [0.29, 0.717) is 23.6 Å². The highest BCUT2D eigenvalue weighted by atomic mass is 16.6. The van der Waals surface area contributed by atoms with Gasteiger partial charge < -0.3 is 9.47 Å². The number of fused-ring (bicyclic) bond motifs is 1. The zero-order valence-corrected chi connectivity index (χ0v) is 16.9. The summed E-state index contributed by atoms with van der Waals surface area (Å²) >= 11 is 0. The summed E-state index contributed by atoms with van der Waals surface area (Å²) in [7, 11) is 0. The number of ether oxygens (including phenoxy) is 2. The third-order valence-corrected chi connectivity index (χ3v) is 4.21. The van der Waals surface area contributed by atoms with Crippen molar-refractivity contribution in [3.63, 3.8) is 0 Å². The van der Waals surface area contributed by atoms with Crippen LogP contribution in [0.4, 0.5) is 0 Å². The van der Waals surface area contributed by atoms with Crippen LogP contribution in [0.3, 0.4) is 0 Å². The molecule has 0 atom stereocenters. The predicted molar refractivity (Wildman–Crippen MR) is 108 cm³/mol. The molecule has 3 aromatic rings. The largest absolute Gasteiger partial charge is 0.488 e. The Morgan fingerprint density at radius 2 is 1.93 bits per heavy atom. The van der Waals surface area contributed by atoms with Crippen LogP contribution in [-0.2, 0) is 17.8 Å². The van der Waals surface area contributed by atoms with Gasteiger partial charge in [0.2, 0.25) is 0 Å². The standard InChI is InChI=1S/C22H27N3O3/c1-5-6-12-17-13-18(27-14-16-10-8-7-9-11-16)19(20-23-15-24-25(17)20)21(26)28-22(2,3)4/h7-11,13,15H,5-6,12,14H2,1-4H3. The van der Waals surface area contributed by atoms with Crippen LogP contribution in [-0.4, -0.2) is 26.2 Å². The maximum absolute atomic E-state index is 12.9. The number of rotatable bonds is 7. The third kappa shape index (κ3) is 4.68. The minimum Gasteiger partial charge on any atom is -0.488 e. The van der Waals surface area contributed by atoms with E-state index < -0.39 is 11.6 Å². The first-order chi connectivity index (χ1) is 13.4. The number of nitrogens with zero attached hydrogens (tertiary/aromatic N) is 3. The summed E-state index contributed by atoms with van der Waals surface area (Å²) in [5.74, 6) is 0.0142. The second kappa shape index (κ2) is 8.42. The number of unbranched alkanes of at least 4 members (excludes halogenated alkanes) is 1. The van der Waals surface area contributed by atoms with E-state index in [2.05, 4.69) is 17.0 Å². The molecule has 0 aliphatic carbocycles. The Balaban J connectivity index is 2.03. The van der Waals surface area contributed by atoms with Crippen molar-refractivity contribution in [1.29, 1.82) is 0 Å². The zero-order valence-electron chi connectivity index (χ0n) is 16.9. The van der Waals surface area contributed by atoms with Gasteiger partial charge in [-0.3, -0.25) is 0 Å². The van der Waals surface area contributed by atoms with Crippen LogP contribution in [0.25, 0.3) is 5.65 Å². The van der Waals surface area contributed by atoms with Crippen molar-refractivity contribution in [2.24, 2.45) is 0 Å². The van der Waals surface area contributed by atoms with Crippen molar-refractivity contribution in [2.75, 3.05) is 0 Å². The molecule has 6 nitrogen and oxygen atoms in total. The Kier molecular flexibility index (Phi) is 5.97. The van der Waals surface area contributed by atoms with Crippen LogP contribution in [0, 0.1) is 0 Å². The number of esters is 1. The quantitative estimate of drug-likeness (QED) is 0.559. The topological polar surface area (TPSA) is 65.7 Å². The molecule has 6 heteroatoms. The van der Waals surface area contributed by atoms with Crippen LogP contribution >= 0.6 is 0 Å². The van der Waals surface area contributed by atoms with Gasteiger partial charge in [-0.25, -0.2) is 14.3 Å². The van der Waals surface area contributed by atoms with Crippen molar-refractivity contribution >= 4 is 11.6 Å². The molecule has 0 saturated carbocycles. The van der Waals surface area contributed by atoms with E-state index in [1.165, 1.54) is 6.33 Å². The van der Waals surface area contributed by atoms with Gasteiger partial charge in [-0.2, -0.15) is 5.10 Å². The van der Waals surface area contributed by atoms with Crippen molar-refractivity contribution < 1.29 is 14.3 Å². The summed E-state index contributed by atoms with van der Waals surface area (Å²) < 4.78 is 13.4. The van der Waals surface area contributed by atoms with E-state index in [0.717, 1.165) is 30.5 Å². The number of carbonyl (C=O) groups excluding carboxylic acids is 1. The normalized spacial score (nSPS) is 11.6. The summed E-state index contributed by atoms with van der Waals surface area (Å²) in [5, 5.41) is 4.31.